The third-order valence-electron chi connectivity index (χ3n) is 3.81. The van der Waals surface area contributed by atoms with Crippen molar-refractivity contribution in [3.05, 3.63) is 15.9 Å². The van der Waals surface area contributed by atoms with Crippen molar-refractivity contribution in [3.8, 4) is 0 Å². The highest BCUT2D eigenvalue weighted by molar-refractivity contribution is 9.10. The van der Waals surface area contributed by atoms with E-state index in [1.165, 1.54) is 0 Å². The van der Waals surface area contributed by atoms with E-state index in [1.807, 2.05) is 0 Å². The minimum Gasteiger partial charge on any atom is -0.347 e. The summed E-state index contributed by atoms with van der Waals surface area (Å²) in [6.45, 7) is 10.5. The van der Waals surface area contributed by atoms with Gasteiger partial charge in [-0.1, -0.05) is 13.8 Å². The summed E-state index contributed by atoms with van der Waals surface area (Å²) in [5, 5.41) is 10.2. The minimum absolute atomic E-state index is 0.101. The molecule has 20 heavy (non-hydrogen) atoms. The van der Waals surface area contributed by atoms with Crippen LogP contribution in [0.3, 0.4) is 0 Å². The smallest absolute Gasteiger partial charge is 0.273 e. The van der Waals surface area contributed by atoms with Crippen molar-refractivity contribution in [2.75, 3.05) is 13.1 Å². The Balaban J connectivity index is 1.99. The molecule has 2 rings (SSSR count). The SMILES string of the molecule is CC(C)c1[nH]nc(C(=O)N[C@@H]2CCN(C(C)C)C2)c1Br. The van der Waals surface area contributed by atoms with Gasteiger partial charge < -0.3 is 5.32 Å². The monoisotopic (exact) mass is 342 g/mol. The lowest BCUT2D eigenvalue weighted by Crippen LogP contribution is -2.38. The maximum absolute atomic E-state index is 12.3. The zero-order valence-corrected chi connectivity index (χ0v) is 14.1. The molecular weight excluding hydrogens is 320 g/mol. The fraction of sp³-hybridized carbons (Fsp3) is 0.714. The molecule has 1 amide bonds. The molecule has 112 valence electrons. The molecule has 0 aromatic carbocycles. The summed E-state index contributed by atoms with van der Waals surface area (Å²) in [6, 6.07) is 0.748. The first-order chi connectivity index (χ1) is 9.40. The van der Waals surface area contributed by atoms with Crippen LogP contribution in [0.15, 0.2) is 4.47 Å². The van der Waals surface area contributed by atoms with Gasteiger partial charge in [0, 0.05) is 25.2 Å². The molecule has 2 N–H and O–H groups in total. The third kappa shape index (κ3) is 3.23. The molecule has 0 saturated carbocycles. The first-order valence-electron chi connectivity index (χ1n) is 7.18. The molecule has 1 atom stereocenters. The summed E-state index contributed by atoms with van der Waals surface area (Å²) in [6.07, 6.45) is 1.00. The van der Waals surface area contributed by atoms with Gasteiger partial charge in [-0.15, -0.1) is 0 Å². The summed E-state index contributed by atoms with van der Waals surface area (Å²) < 4.78 is 0.781. The number of rotatable bonds is 4. The first-order valence-corrected chi connectivity index (χ1v) is 7.98. The zero-order valence-electron chi connectivity index (χ0n) is 12.5. The topological polar surface area (TPSA) is 61.0 Å². The van der Waals surface area contributed by atoms with Crippen molar-refractivity contribution in [2.24, 2.45) is 0 Å². The Bertz CT molecular complexity index is 484. The van der Waals surface area contributed by atoms with Gasteiger partial charge in [0.25, 0.3) is 5.91 Å². The van der Waals surface area contributed by atoms with Crippen molar-refractivity contribution in [3.63, 3.8) is 0 Å². The Morgan fingerprint density at radius 1 is 1.45 bits per heavy atom. The Morgan fingerprint density at radius 2 is 2.15 bits per heavy atom. The van der Waals surface area contributed by atoms with E-state index in [4.69, 9.17) is 0 Å². The predicted octanol–water partition coefficient (Wildman–Crippen LogP) is 2.51. The summed E-state index contributed by atoms with van der Waals surface area (Å²) >= 11 is 3.47. The van der Waals surface area contributed by atoms with Gasteiger partial charge in [-0.2, -0.15) is 5.10 Å². The molecule has 1 aromatic rings. The quantitative estimate of drug-likeness (QED) is 0.883. The number of amides is 1. The molecule has 1 fully saturated rings. The Kier molecular flexibility index (Phi) is 4.86. The summed E-state index contributed by atoms with van der Waals surface area (Å²) in [5.74, 6) is 0.206. The van der Waals surface area contributed by atoms with Crippen LogP contribution in [-0.4, -0.2) is 46.2 Å². The molecule has 6 heteroatoms. The summed E-state index contributed by atoms with van der Waals surface area (Å²) in [5.41, 5.74) is 1.42. The normalized spacial score (nSPS) is 20.1. The first kappa shape index (κ1) is 15.5. The molecule has 0 bridgehead atoms. The molecule has 1 saturated heterocycles. The number of hydrogen-bond acceptors (Lipinski definition) is 3. The van der Waals surface area contributed by atoms with E-state index in [1.54, 1.807) is 0 Å². The van der Waals surface area contributed by atoms with Crippen LogP contribution in [0.2, 0.25) is 0 Å². The highest BCUT2D eigenvalue weighted by atomic mass is 79.9. The van der Waals surface area contributed by atoms with E-state index in [9.17, 15) is 4.79 Å². The number of aromatic amines is 1. The molecule has 1 aliphatic heterocycles. The van der Waals surface area contributed by atoms with Crippen molar-refractivity contribution in [1.29, 1.82) is 0 Å². The molecule has 1 aliphatic rings. The zero-order chi connectivity index (χ0) is 14.9. The average Bonchev–Trinajstić information content (AvgIpc) is 2.95. The van der Waals surface area contributed by atoms with Crippen molar-refractivity contribution < 1.29 is 4.79 Å². The molecule has 0 radical (unpaired) electrons. The molecule has 0 unspecified atom stereocenters. The maximum Gasteiger partial charge on any atom is 0.273 e. The summed E-state index contributed by atoms with van der Waals surface area (Å²) in [7, 11) is 0. The Morgan fingerprint density at radius 3 is 2.65 bits per heavy atom. The highest BCUT2D eigenvalue weighted by Crippen LogP contribution is 2.25. The number of halogens is 1. The third-order valence-corrected chi connectivity index (χ3v) is 4.61. The number of carbonyl (C=O) groups excluding carboxylic acids is 1. The van der Waals surface area contributed by atoms with Crippen LogP contribution in [0.4, 0.5) is 0 Å². The lowest BCUT2D eigenvalue weighted by atomic mass is 10.1. The second-order valence-electron chi connectivity index (χ2n) is 6.00. The standard InChI is InChI=1S/C14H23BrN4O/c1-8(2)12-11(15)13(18-17-12)14(20)16-10-5-6-19(7-10)9(3)4/h8-10H,5-7H2,1-4H3,(H,16,20)(H,17,18)/t10-/m1/s1. The van der Waals surface area contributed by atoms with Crippen LogP contribution < -0.4 is 5.32 Å². The van der Waals surface area contributed by atoms with Gasteiger partial charge in [0.15, 0.2) is 5.69 Å². The van der Waals surface area contributed by atoms with Crippen LogP contribution in [0.25, 0.3) is 0 Å². The van der Waals surface area contributed by atoms with Gasteiger partial charge in [0.05, 0.1) is 10.2 Å². The van der Waals surface area contributed by atoms with Crippen molar-refractivity contribution in [2.45, 2.75) is 52.1 Å². The van der Waals surface area contributed by atoms with Crippen LogP contribution in [0.1, 0.15) is 56.2 Å². The van der Waals surface area contributed by atoms with Crippen LogP contribution in [0, 0.1) is 0 Å². The molecule has 2 heterocycles. The second-order valence-corrected chi connectivity index (χ2v) is 6.80. The molecular formula is C14H23BrN4O. The number of likely N-dealkylation sites (tertiary alicyclic amines) is 1. The van der Waals surface area contributed by atoms with E-state index in [2.05, 4.69) is 64.0 Å². The fourth-order valence-electron chi connectivity index (χ4n) is 2.50. The molecule has 0 spiro atoms. The Hall–Kier alpha value is -0.880. The van der Waals surface area contributed by atoms with E-state index in [0.717, 1.165) is 29.7 Å². The van der Waals surface area contributed by atoms with E-state index >= 15 is 0 Å². The number of hydrogen-bond donors (Lipinski definition) is 2. The number of carbonyl (C=O) groups is 1. The largest absolute Gasteiger partial charge is 0.347 e. The van der Waals surface area contributed by atoms with Gasteiger partial charge in [0.2, 0.25) is 0 Å². The van der Waals surface area contributed by atoms with Gasteiger partial charge in [-0.3, -0.25) is 14.8 Å². The second kappa shape index (κ2) is 6.26. The van der Waals surface area contributed by atoms with Crippen LogP contribution >= 0.6 is 15.9 Å². The Labute approximate surface area is 128 Å². The average molecular weight is 343 g/mol. The van der Waals surface area contributed by atoms with E-state index < -0.39 is 0 Å². The van der Waals surface area contributed by atoms with Gasteiger partial charge in [-0.25, -0.2) is 0 Å². The van der Waals surface area contributed by atoms with Crippen LogP contribution in [0.5, 0.6) is 0 Å². The fourth-order valence-corrected chi connectivity index (χ4v) is 3.32. The van der Waals surface area contributed by atoms with E-state index in [-0.39, 0.29) is 11.9 Å². The maximum atomic E-state index is 12.3. The van der Waals surface area contributed by atoms with Gasteiger partial charge in [0.1, 0.15) is 0 Å². The van der Waals surface area contributed by atoms with Crippen molar-refractivity contribution in [1.82, 2.24) is 20.4 Å². The van der Waals surface area contributed by atoms with E-state index in [0.29, 0.717) is 17.7 Å². The molecule has 5 nitrogen and oxygen atoms in total. The predicted molar refractivity (Wildman–Crippen MR) is 83.0 cm³/mol. The van der Waals surface area contributed by atoms with Crippen LogP contribution in [-0.2, 0) is 0 Å². The molecule has 0 aliphatic carbocycles. The van der Waals surface area contributed by atoms with Crippen molar-refractivity contribution >= 4 is 21.8 Å². The minimum atomic E-state index is -0.101. The lowest BCUT2D eigenvalue weighted by molar-refractivity contribution is 0.0931. The number of nitrogens with one attached hydrogen (secondary N) is 2. The molecule has 1 aromatic heterocycles. The number of nitrogens with zero attached hydrogens (tertiary/aromatic N) is 2. The highest BCUT2D eigenvalue weighted by Gasteiger charge is 2.27. The number of aromatic nitrogens is 2. The summed E-state index contributed by atoms with van der Waals surface area (Å²) in [4.78, 5) is 14.7. The van der Waals surface area contributed by atoms with Gasteiger partial charge >= 0.3 is 0 Å². The number of H-pyrrole nitrogens is 1. The lowest BCUT2D eigenvalue weighted by Gasteiger charge is -2.20. The van der Waals surface area contributed by atoms with Gasteiger partial charge in [-0.05, 0) is 42.1 Å².